The molecule has 1 aromatic heterocycles. The lowest BCUT2D eigenvalue weighted by Crippen LogP contribution is -2.26. The van der Waals surface area contributed by atoms with Gasteiger partial charge in [-0.3, -0.25) is 9.59 Å². The van der Waals surface area contributed by atoms with E-state index in [-0.39, 0.29) is 24.3 Å². The van der Waals surface area contributed by atoms with Crippen LogP contribution < -0.4 is 17.0 Å². The van der Waals surface area contributed by atoms with E-state index < -0.39 is 21.5 Å². The molecule has 8 heteroatoms. The van der Waals surface area contributed by atoms with Gasteiger partial charge < -0.3 is 16.0 Å². The zero-order valence-corrected chi connectivity index (χ0v) is 10.5. The van der Waals surface area contributed by atoms with Gasteiger partial charge in [0.2, 0.25) is 5.91 Å². The SMILES string of the molecule is NC(=O)CS(=O)(=O)CCCn1cc(N)ccc1=O. The lowest BCUT2D eigenvalue weighted by Gasteiger charge is -2.06. The number of anilines is 1. The third-order valence-electron chi connectivity index (χ3n) is 2.22. The molecular weight excluding hydrogens is 258 g/mol. The Morgan fingerprint density at radius 2 is 2.00 bits per heavy atom. The molecule has 0 saturated carbocycles. The molecule has 0 radical (unpaired) electrons. The highest BCUT2D eigenvalue weighted by molar-refractivity contribution is 7.92. The molecule has 0 atom stereocenters. The van der Waals surface area contributed by atoms with Crippen LogP contribution in [0.1, 0.15) is 6.42 Å². The molecule has 100 valence electrons. The molecule has 0 fully saturated rings. The number of rotatable bonds is 6. The second kappa shape index (κ2) is 5.67. The van der Waals surface area contributed by atoms with E-state index in [9.17, 15) is 18.0 Å². The average Bonchev–Trinajstić information content (AvgIpc) is 2.21. The number of hydrogen-bond donors (Lipinski definition) is 2. The predicted octanol–water partition coefficient (Wildman–Crippen LogP) is -1.28. The summed E-state index contributed by atoms with van der Waals surface area (Å²) in [4.78, 5) is 21.9. The number of aromatic nitrogens is 1. The summed E-state index contributed by atoms with van der Waals surface area (Å²) < 4.78 is 24.1. The van der Waals surface area contributed by atoms with Crippen molar-refractivity contribution >= 4 is 21.4 Å². The molecule has 0 unspecified atom stereocenters. The number of nitrogens with zero attached hydrogens (tertiary/aromatic N) is 1. The number of carbonyl (C=O) groups is 1. The van der Waals surface area contributed by atoms with E-state index >= 15 is 0 Å². The Labute approximate surface area is 104 Å². The average molecular weight is 273 g/mol. The smallest absolute Gasteiger partial charge is 0.250 e. The Bertz CT molecular complexity index is 591. The lowest BCUT2D eigenvalue weighted by atomic mass is 10.4. The van der Waals surface area contributed by atoms with Gasteiger partial charge in [-0.2, -0.15) is 0 Å². The van der Waals surface area contributed by atoms with Gasteiger partial charge >= 0.3 is 0 Å². The monoisotopic (exact) mass is 273 g/mol. The van der Waals surface area contributed by atoms with Crippen LogP contribution in [0.2, 0.25) is 0 Å². The first-order valence-corrected chi connectivity index (χ1v) is 7.07. The number of nitrogen functional groups attached to an aromatic ring is 1. The Hall–Kier alpha value is -1.83. The van der Waals surface area contributed by atoms with Crippen LogP contribution in [0.4, 0.5) is 5.69 Å². The van der Waals surface area contributed by atoms with Gasteiger partial charge in [0.1, 0.15) is 5.75 Å². The molecule has 1 amide bonds. The van der Waals surface area contributed by atoms with Gasteiger partial charge in [-0.1, -0.05) is 0 Å². The van der Waals surface area contributed by atoms with Gasteiger partial charge in [0, 0.05) is 24.5 Å². The van der Waals surface area contributed by atoms with Gasteiger partial charge in [0.25, 0.3) is 5.56 Å². The van der Waals surface area contributed by atoms with E-state index in [2.05, 4.69) is 0 Å². The fraction of sp³-hybridized carbons (Fsp3) is 0.400. The summed E-state index contributed by atoms with van der Waals surface area (Å²) in [5, 5.41) is 0. The number of carbonyl (C=O) groups excluding carboxylic acids is 1. The van der Waals surface area contributed by atoms with Gasteiger partial charge in [-0.05, 0) is 12.5 Å². The van der Waals surface area contributed by atoms with E-state index in [0.717, 1.165) is 0 Å². The normalized spacial score (nSPS) is 11.3. The first-order chi connectivity index (χ1) is 8.30. The second-order valence-corrected chi connectivity index (χ2v) is 6.09. The summed E-state index contributed by atoms with van der Waals surface area (Å²) in [5.41, 5.74) is 10.5. The van der Waals surface area contributed by atoms with E-state index in [1.165, 1.54) is 22.9 Å². The quantitative estimate of drug-likeness (QED) is 0.667. The highest BCUT2D eigenvalue weighted by atomic mass is 32.2. The molecular formula is C10H15N3O4S. The van der Waals surface area contributed by atoms with Crippen LogP contribution in [0.3, 0.4) is 0 Å². The molecule has 1 rings (SSSR count). The van der Waals surface area contributed by atoms with Crippen molar-refractivity contribution < 1.29 is 13.2 Å². The Morgan fingerprint density at radius 1 is 1.33 bits per heavy atom. The van der Waals surface area contributed by atoms with E-state index in [4.69, 9.17) is 11.5 Å². The Kier molecular flexibility index (Phi) is 4.49. The third kappa shape index (κ3) is 4.58. The maximum absolute atomic E-state index is 11.4. The van der Waals surface area contributed by atoms with Crippen molar-refractivity contribution in [3.8, 4) is 0 Å². The molecule has 0 aliphatic carbocycles. The molecule has 0 aromatic carbocycles. The van der Waals surface area contributed by atoms with Crippen molar-refractivity contribution in [2.75, 3.05) is 17.2 Å². The van der Waals surface area contributed by atoms with Crippen LogP contribution in [0.15, 0.2) is 23.1 Å². The maximum atomic E-state index is 11.4. The second-order valence-electron chi connectivity index (χ2n) is 3.91. The van der Waals surface area contributed by atoms with Crippen LogP contribution in [-0.2, 0) is 21.2 Å². The first kappa shape index (κ1) is 14.2. The summed E-state index contributed by atoms with van der Waals surface area (Å²) in [6, 6.07) is 2.79. The molecule has 0 saturated heterocycles. The number of primary amides is 1. The van der Waals surface area contributed by atoms with E-state index in [1.54, 1.807) is 0 Å². The fourth-order valence-corrected chi connectivity index (χ4v) is 2.62. The lowest BCUT2D eigenvalue weighted by molar-refractivity contribution is -0.115. The molecule has 0 aliphatic rings. The Balaban J connectivity index is 2.59. The largest absolute Gasteiger partial charge is 0.398 e. The molecule has 1 aromatic rings. The van der Waals surface area contributed by atoms with E-state index in [0.29, 0.717) is 5.69 Å². The molecule has 7 nitrogen and oxygen atoms in total. The number of nitrogens with two attached hydrogens (primary N) is 2. The number of aryl methyl sites for hydroxylation is 1. The molecule has 0 aliphatic heterocycles. The van der Waals surface area contributed by atoms with Crippen LogP contribution >= 0.6 is 0 Å². The zero-order chi connectivity index (χ0) is 13.8. The molecule has 4 N–H and O–H groups in total. The van der Waals surface area contributed by atoms with Gasteiger partial charge in [0.15, 0.2) is 9.84 Å². The Morgan fingerprint density at radius 3 is 2.61 bits per heavy atom. The number of amides is 1. The standard InChI is InChI=1S/C10H15N3O4S/c11-8-2-3-10(15)13(6-8)4-1-5-18(16,17)7-9(12)14/h2-3,6H,1,4-5,7,11H2,(H2,12,14). The molecule has 1 heterocycles. The minimum absolute atomic E-state index is 0.197. The van der Waals surface area contributed by atoms with Crippen LogP contribution in [-0.4, -0.2) is 30.4 Å². The molecule has 0 bridgehead atoms. The summed E-state index contributed by atoms with van der Waals surface area (Å²) in [5.74, 6) is -1.74. The summed E-state index contributed by atoms with van der Waals surface area (Å²) in [6.07, 6.45) is 1.67. The summed E-state index contributed by atoms with van der Waals surface area (Å²) in [7, 11) is -3.50. The maximum Gasteiger partial charge on any atom is 0.250 e. The van der Waals surface area contributed by atoms with Gasteiger partial charge in [0.05, 0.1) is 5.75 Å². The van der Waals surface area contributed by atoms with Crippen LogP contribution in [0.5, 0.6) is 0 Å². The minimum atomic E-state index is -3.50. The molecule has 18 heavy (non-hydrogen) atoms. The molecule has 0 spiro atoms. The third-order valence-corrected chi connectivity index (χ3v) is 3.86. The van der Waals surface area contributed by atoms with Crippen LogP contribution in [0, 0.1) is 0 Å². The predicted molar refractivity (Wildman–Crippen MR) is 67.6 cm³/mol. The summed E-state index contributed by atoms with van der Waals surface area (Å²) in [6.45, 7) is 0.224. The minimum Gasteiger partial charge on any atom is -0.398 e. The first-order valence-electron chi connectivity index (χ1n) is 5.25. The van der Waals surface area contributed by atoms with Crippen molar-refractivity contribution in [2.45, 2.75) is 13.0 Å². The topological polar surface area (TPSA) is 125 Å². The highest BCUT2D eigenvalue weighted by Crippen LogP contribution is 1.99. The fourth-order valence-electron chi connectivity index (χ4n) is 1.47. The zero-order valence-electron chi connectivity index (χ0n) is 9.70. The van der Waals surface area contributed by atoms with Gasteiger partial charge in [-0.25, -0.2) is 8.42 Å². The number of pyridine rings is 1. The van der Waals surface area contributed by atoms with Gasteiger partial charge in [-0.15, -0.1) is 0 Å². The number of hydrogen-bond acceptors (Lipinski definition) is 5. The number of sulfone groups is 1. The van der Waals surface area contributed by atoms with Crippen LogP contribution in [0.25, 0.3) is 0 Å². The van der Waals surface area contributed by atoms with E-state index in [1.807, 2.05) is 0 Å². The van der Waals surface area contributed by atoms with Crippen molar-refractivity contribution in [1.82, 2.24) is 4.57 Å². The van der Waals surface area contributed by atoms with Crippen molar-refractivity contribution in [3.63, 3.8) is 0 Å². The van der Waals surface area contributed by atoms with Crippen molar-refractivity contribution in [3.05, 3.63) is 28.7 Å². The summed E-state index contributed by atoms with van der Waals surface area (Å²) >= 11 is 0. The van der Waals surface area contributed by atoms with Crippen molar-refractivity contribution in [2.24, 2.45) is 5.73 Å². The van der Waals surface area contributed by atoms with Crippen molar-refractivity contribution in [1.29, 1.82) is 0 Å². The highest BCUT2D eigenvalue weighted by Gasteiger charge is 2.13.